The van der Waals surface area contributed by atoms with Crippen molar-refractivity contribution in [2.45, 2.75) is 39.5 Å². The van der Waals surface area contributed by atoms with Crippen LogP contribution in [0, 0.1) is 11.3 Å². The number of carbonyl (C=O) groups is 1. The highest BCUT2D eigenvalue weighted by atomic mass is 16.2. The van der Waals surface area contributed by atoms with Gasteiger partial charge in [-0.1, -0.05) is 20.3 Å². The van der Waals surface area contributed by atoms with Gasteiger partial charge in [-0.2, -0.15) is 0 Å². The lowest BCUT2D eigenvalue weighted by Gasteiger charge is -2.29. The molecule has 0 N–H and O–H groups in total. The maximum Gasteiger partial charge on any atom is 0.225 e. The van der Waals surface area contributed by atoms with Crippen molar-refractivity contribution in [2.75, 3.05) is 13.1 Å². The first-order valence-electron chi connectivity index (χ1n) is 5.37. The summed E-state index contributed by atoms with van der Waals surface area (Å²) in [5.41, 5.74) is 0.361. The molecule has 2 nitrogen and oxygen atoms in total. The molecule has 1 heterocycles. The van der Waals surface area contributed by atoms with Crippen molar-refractivity contribution >= 4 is 5.91 Å². The number of nitrogens with zero attached hydrogens (tertiary/aromatic N) is 1. The summed E-state index contributed by atoms with van der Waals surface area (Å²) in [6, 6.07) is 0. The first-order valence-corrected chi connectivity index (χ1v) is 5.37. The van der Waals surface area contributed by atoms with Crippen LogP contribution in [0.15, 0.2) is 0 Å². The second-order valence-electron chi connectivity index (χ2n) is 5.30. The van der Waals surface area contributed by atoms with Crippen molar-refractivity contribution in [1.29, 1.82) is 0 Å². The van der Waals surface area contributed by atoms with Crippen molar-refractivity contribution < 1.29 is 4.79 Å². The maximum atomic E-state index is 11.8. The molecular formula is C11H19NO. The number of hydrogen-bond donors (Lipinski definition) is 0. The fourth-order valence-corrected chi connectivity index (χ4v) is 2.21. The Morgan fingerprint density at radius 1 is 1.38 bits per heavy atom. The topological polar surface area (TPSA) is 20.3 Å². The molecule has 0 aromatic rings. The smallest absolute Gasteiger partial charge is 0.225 e. The van der Waals surface area contributed by atoms with E-state index in [1.807, 2.05) is 0 Å². The lowest BCUT2D eigenvalue weighted by molar-refractivity contribution is -0.137. The molecule has 2 rings (SSSR count). The molecule has 0 radical (unpaired) electrons. The highest BCUT2D eigenvalue weighted by Gasteiger charge is 2.36. The van der Waals surface area contributed by atoms with Crippen LogP contribution in [0.2, 0.25) is 0 Å². The largest absolute Gasteiger partial charge is 0.342 e. The average molecular weight is 181 g/mol. The molecule has 1 aliphatic heterocycles. The number of hydrogen-bond acceptors (Lipinski definition) is 1. The molecule has 74 valence electrons. The molecule has 0 aromatic heterocycles. The molecule has 2 aliphatic rings. The Morgan fingerprint density at radius 2 is 2.08 bits per heavy atom. The molecule has 2 fully saturated rings. The molecule has 13 heavy (non-hydrogen) atoms. The Morgan fingerprint density at radius 3 is 2.46 bits per heavy atom. The number of likely N-dealkylation sites (tertiary alicyclic amines) is 1. The van der Waals surface area contributed by atoms with E-state index in [1.165, 1.54) is 12.8 Å². The van der Waals surface area contributed by atoms with Crippen LogP contribution in [0.25, 0.3) is 0 Å². The second kappa shape index (κ2) is 3.00. The van der Waals surface area contributed by atoms with Gasteiger partial charge in [0, 0.05) is 19.0 Å². The van der Waals surface area contributed by atoms with Crippen molar-refractivity contribution in [1.82, 2.24) is 4.90 Å². The van der Waals surface area contributed by atoms with Crippen LogP contribution >= 0.6 is 0 Å². The SMILES string of the molecule is CC1(C)CCN(C(=O)C2CCC2)C1. The van der Waals surface area contributed by atoms with Crippen LogP contribution in [0.1, 0.15) is 39.5 Å². The zero-order valence-electron chi connectivity index (χ0n) is 8.68. The van der Waals surface area contributed by atoms with Gasteiger partial charge in [0.1, 0.15) is 0 Å². The fraction of sp³-hybridized carbons (Fsp3) is 0.909. The molecule has 2 heteroatoms. The van der Waals surface area contributed by atoms with Crippen molar-refractivity contribution in [3.8, 4) is 0 Å². The van der Waals surface area contributed by atoms with E-state index in [0.717, 1.165) is 25.9 Å². The number of carbonyl (C=O) groups excluding carboxylic acids is 1. The van der Waals surface area contributed by atoms with Gasteiger partial charge in [0.2, 0.25) is 5.91 Å². The number of rotatable bonds is 1. The van der Waals surface area contributed by atoms with Gasteiger partial charge in [0.25, 0.3) is 0 Å². The van der Waals surface area contributed by atoms with E-state index in [9.17, 15) is 4.79 Å². The molecule has 0 bridgehead atoms. The summed E-state index contributed by atoms with van der Waals surface area (Å²) < 4.78 is 0. The summed E-state index contributed by atoms with van der Waals surface area (Å²) in [4.78, 5) is 13.9. The van der Waals surface area contributed by atoms with Crippen LogP contribution < -0.4 is 0 Å². The molecule has 0 aromatic carbocycles. The van der Waals surface area contributed by atoms with E-state index >= 15 is 0 Å². The van der Waals surface area contributed by atoms with Gasteiger partial charge in [-0.25, -0.2) is 0 Å². The van der Waals surface area contributed by atoms with Crippen molar-refractivity contribution in [3.63, 3.8) is 0 Å². The van der Waals surface area contributed by atoms with Gasteiger partial charge in [-0.3, -0.25) is 4.79 Å². The predicted octanol–water partition coefficient (Wildman–Crippen LogP) is 2.04. The van der Waals surface area contributed by atoms with E-state index in [4.69, 9.17) is 0 Å². The third-order valence-electron chi connectivity index (χ3n) is 3.44. The summed E-state index contributed by atoms with van der Waals surface area (Å²) in [7, 11) is 0. The van der Waals surface area contributed by atoms with Gasteiger partial charge in [0.05, 0.1) is 0 Å². The Balaban J connectivity index is 1.91. The Labute approximate surface area is 80.3 Å². The minimum atomic E-state index is 0.361. The van der Waals surface area contributed by atoms with E-state index in [1.54, 1.807) is 0 Å². The van der Waals surface area contributed by atoms with Gasteiger partial charge in [-0.05, 0) is 24.7 Å². The number of amides is 1. The van der Waals surface area contributed by atoms with Gasteiger partial charge in [-0.15, -0.1) is 0 Å². The quantitative estimate of drug-likeness (QED) is 0.606. The van der Waals surface area contributed by atoms with Crippen LogP contribution in [0.5, 0.6) is 0 Å². The van der Waals surface area contributed by atoms with Gasteiger partial charge < -0.3 is 4.90 Å². The molecular weight excluding hydrogens is 162 g/mol. The first-order chi connectivity index (χ1) is 6.08. The van der Waals surface area contributed by atoms with Gasteiger partial charge >= 0.3 is 0 Å². The first kappa shape index (κ1) is 9.04. The third kappa shape index (κ3) is 1.72. The van der Waals surface area contributed by atoms with Crippen molar-refractivity contribution in [3.05, 3.63) is 0 Å². The minimum Gasteiger partial charge on any atom is -0.342 e. The normalized spacial score (nSPS) is 27.4. The highest BCUT2D eigenvalue weighted by molar-refractivity contribution is 5.79. The predicted molar refractivity (Wildman–Crippen MR) is 52.3 cm³/mol. The van der Waals surface area contributed by atoms with Crippen LogP contribution in [-0.2, 0) is 4.79 Å². The monoisotopic (exact) mass is 181 g/mol. The second-order valence-corrected chi connectivity index (χ2v) is 5.30. The van der Waals surface area contributed by atoms with E-state index in [0.29, 0.717) is 17.2 Å². The van der Waals surface area contributed by atoms with Crippen molar-refractivity contribution in [2.24, 2.45) is 11.3 Å². The fourth-order valence-electron chi connectivity index (χ4n) is 2.21. The third-order valence-corrected chi connectivity index (χ3v) is 3.44. The van der Waals surface area contributed by atoms with Crippen LogP contribution in [-0.4, -0.2) is 23.9 Å². The average Bonchev–Trinajstić information content (AvgIpc) is 2.26. The molecule has 1 aliphatic carbocycles. The molecule has 1 amide bonds. The van der Waals surface area contributed by atoms with Crippen LogP contribution in [0.4, 0.5) is 0 Å². The minimum absolute atomic E-state index is 0.361. The Kier molecular flexibility index (Phi) is 2.09. The summed E-state index contributed by atoms with van der Waals surface area (Å²) >= 11 is 0. The molecule has 0 spiro atoms. The summed E-state index contributed by atoms with van der Waals surface area (Å²) in [6.45, 7) is 6.47. The molecule has 0 atom stereocenters. The molecule has 0 unspecified atom stereocenters. The zero-order chi connectivity index (χ0) is 9.47. The molecule has 1 saturated heterocycles. The Hall–Kier alpha value is -0.530. The van der Waals surface area contributed by atoms with E-state index in [-0.39, 0.29) is 0 Å². The lowest BCUT2D eigenvalue weighted by atomic mass is 9.84. The highest BCUT2D eigenvalue weighted by Crippen LogP contribution is 2.34. The standard InChI is InChI=1S/C11H19NO/c1-11(2)6-7-12(8-11)10(13)9-4-3-5-9/h9H,3-8H2,1-2H3. The van der Waals surface area contributed by atoms with Crippen LogP contribution in [0.3, 0.4) is 0 Å². The summed E-state index contributed by atoms with van der Waals surface area (Å²) in [5.74, 6) is 0.811. The summed E-state index contributed by atoms with van der Waals surface area (Å²) in [5, 5.41) is 0. The Bertz CT molecular complexity index is 218. The zero-order valence-corrected chi connectivity index (χ0v) is 8.68. The van der Waals surface area contributed by atoms with E-state index in [2.05, 4.69) is 18.7 Å². The van der Waals surface area contributed by atoms with E-state index < -0.39 is 0 Å². The molecule has 1 saturated carbocycles. The lowest BCUT2D eigenvalue weighted by Crippen LogP contribution is -2.38. The summed E-state index contributed by atoms with van der Waals surface area (Å²) in [6.07, 6.45) is 4.70. The maximum absolute atomic E-state index is 11.8. The van der Waals surface area contributed by atoms with Gasteiger partial charge in [0.15, 0.2) is 0 Å².